The molecular weight excluding hydrogens is 1680 g/mol. The van der Waals surface area contributed by atoms with E-state index in [1.54, 1.807) is 155 Å². The average molecular weight is 1770 g/mol. The van der Waals surface area contributed by atoms with Crippen molar-refractivity contribution < 1.29 is 76.7 Å². The third-order valence-electron chi connectivity index (χ3n) is 22.4. The summed E-state index contributed by atoms with van der Waals surface area (Å²) < 4.78 is 44.5. The number of ether oxygens (including phenoxy) is 1. The molecule has 4 amide bonds. The number of benzene rings is 8. The maximum absolute atomic E-state index is 13.2. The minimum Gasteiger partial charge on any atom is -0.507 e. The minimum absolute atomic E-state index is 0.00655. The summed E-state index contributed by atoms with van der Waals surface area (Å²) in [6, 6.07) is 63.8. The zero-order valence-electron chi connectivity index (χ0n) is 73.0. The second-order valence-electron chi connectivity index (χ2n) is 32.3. The van der Waals surface area contributed by atoms with Gasteiger partial charge in [-0.05, 0) is 189 Å². The van der Waals surface area contributed by atoms with Crippen molar-refractivity contribution >= 4 is 105 Å². The number of aliphatic hydroxyl groups is 4. The molecule has 4 atom stereocenters. The highest BCUT2D eigenvalue weighted by Gasteiger charge is 2.52. The highest BCUT2D eigenvalue weighted by atomic mass is 35.5. The number of Topliss-reactive ketones (excluding diaryl/α,β-unsaturated/α-hetero) is 4. The predicted octanol–water partition coefficient (Wildman–Crippen LogP) is 19.3. The number of halogens is 4. The number of ketones is 4. The van der Waals surface area contributed by atoms with Gasteiger partial charge in [-0.3, -0.25) is 58.0 Å². The number of aryl methyl sites for hydroxylation is 6. The van der Waals surface area contributed by atoms with E-state index < -0.39 is 88.4 Å². The second kappa shape index (κ2) is 38.9. The molecule has 4 N–H and O–H groups in total. The van der Waals surface area contributed by atoms with Gasteiger partial charge in [0, 0.05) is 27.3 Å². The van der Waals surface area contributed by atoms with Crippen LogP contribution in [0, 0.1) is 41.5 Å². The van der Waals surface area contributed by atoms with Crippen LogP contribution in [-0.2, 0) is 44.5 Å². The molecule has 12 aromatic rings. The van der Waals surface area contributed by atoms with Crippen LogP contribution in [0.5, 0.6) is 5.75 Å². The number of anilines is 4. The van der Waals surface area contributed by atoms with Gasteiger partial charge in [0.1, 0.15) is 28.8 Å². The molecule has 130 heavy (non-hydrogen) atoms. The Kier molecular flexibility index (Phi) is 27.6. The maximum atomic E-state index is 13.2. The zero-order valence-corrected chi connectivity index (χ0v) is 73.7. The van der Waals surface area contributed by atoms with Gasteiger partial charge in [0.2, 0.25) is 0 Å². The van der Waals surface area contributed by atoms with E-state index in [-0.39, 0.29) is 68.4 Å². The smallest absolute Gasteiger partial charge is 0.416 e. The molecule has 8 heterocycles. The second-order valence-corrected chi connectivity index (χ2v) is 32.8. The van der Waals surface area contributed by atoms with Crippen LogP contribution in [0.2, 0.25) is 5.02 Å². The Morgan fingerprint density at radius 3 is 0.954 bits per heavy atom. The fraction of sp³-hybridized carbons (Fsp3) is 0.208. The Labute approximate surface area is 752 Å². The molecule has 0 aliphatic carbocycles. The fourth-order valence-corrected chi connectivity index (χ4v) is 15.4. The number of amides is 4. The number of nitrogens with zero attached hydrogens (tertiary/aromatic N) is 12. The van der Waals surface area contributed by atoms with Gasteiger partial charge in [-0.15, -0.1) is 20.4 Å². The molecule has 29 heteroatoms. The van der Waals surface area contributed by atoms with E-state index in [0.29, 0.717) is 90.2 Å². The van der Waals surface area contributed by atoms with Crippen LogP contribution < -0.4 is 24.3 Å². The molecule has 16 rings (SSSR count). The first-order valence-corrected chi connectivity index (χ1v) is 41.8. The SMILES string of the molecule is COc1cccc(C(O)=C2C(=O)C(=O)N(c3ccc(C)nn3)C2c2ccc(C(C)C)cc2)c1.Cc1ccc(C(O)=C2C(=O)C(=O)N(c3ccc(C)nn3)C2c2ccc(C(F)(F)F)cc2)cc1.Cc1ccc(N2C(=O)C(=O)C(=C(O)c3cccc(Cl)c3)C2c2ccc(C(C)C)cc2)nn1.Cc1ccc(N2C(=O)C(=O)C(=C(O)c3ccccc3C)C2c2ccc(C(C)C)cc2)nn1. The van der Waals surface area contributed by atoms with Gasteiger partial charge in [0.15, 0.2) is 23.3 Å². The van der Waals surface area contributed by atoms with Gasteiger partial charge in [-0.2, -0.15) is 33.6 Å². The van der Waals surface area contributed by atoms with E-state index >= 15 is 0 Å². The summed E-state index contributed by atoms with van der Waals surface area (Å²) in [7, 11) is 1.52. The van der Waals surface area contributed by atoms with E-state index in [1.807, 2.05) is 98.8 Å². The standard InChI is InChI=1S/C26H25N3O4.C26H25N3O3.C25H22ClN3O3.C24H18F3N3O3/c1-15(2)17-9-11-18(12-10-17)23-22(24(30)19-6-5-7-20(14-19)33-4)25(31)26(32)29(23)21-13-8-16(3)27-28-21;1-15(2)18-10-12-19(13-11-18)23-22(24(30)20-8-6-5-7-16(20)3)25(31)26(32)29(23)21-14-9-17(4)27-28-21;1-14(2)16-8-10-17(11-9-16)22-21(23(30)18-5-4-6-19(26)13-18)24(31)25(32)29(22)20-12-7-15(3)27-28-20;1-13-3-6-16(7-4-13)21(31)19-20(15-8-10-17(11-9-15)24(25,26)27)30(23(33)22(19)32)18-12-5-14(2)28-29-18/h5-15,23,30H,1-4H3;5-15,23,30H,1-4H3;4-14,22,30H,1-3H3;3-12,20,31H,1-2H3. The van der Waals surface area contributed by atoms with Gasteiger partial charge in [-0.25, -0.2) is 0 Å². The summed E-state index contributed by atoms with van der Waals surface area (Å²) in [5.41, 5.74) is 10.5. The molecule has 8 aromatic carbocycles. The van der Waals surface area contributed by atoms with Crippen molar-refractivity contribution in [2.45, 2.75) is 131 Å². The van der Waals surface area contributed by atoms with Gasteiger partial charge >= 0.3 is 29.8 Å². The normalized spacial score (nSPS) is 17.9. The number of alkyl halides is 3. The van der Waals surface area contributed by atoms with Crippen LogP contribution in [0.4, 0.5) is 36.4 Å². The molecule has 4 unspecified atom stereocenters. The quantitative estimate of drug-likeness (QED) is 0.0396. The van der Waals surface area contributed by atoms with Crippen molar-refractivity contribution in [2.75, 3.05) is 26.7 Å². The predicted molar refractivity (Wildman–Crippen MR) is 486 cm³/mol. The first-order chi connectivity index (χ1) is 62.0. The molecule has 0 saturated carbocycles. The molecule has 25 nitrogen and oxygen atoms in total. The van der Waals surface area contributed by atoms with Crippen LogP contribution >= 0.6 is 11.6 Å². The van der Waals surface area contributed by atoms with Crippen LogP contribution in [0.1, 0.15) is 184 Å². The number of hydrogen-bond donors (Lipinski definition) is 4. The first-order valence-electron chi connectivity index (χ1n) is 41.4. The number of aliphatic hydroxyl groups excluding tert-OH is 4. The molecule has 4 fully saturated rings. The number of carbonyl (C=O) groups is 8. The van der Waals surface area contributed by atoms with Crippen LogP contribution in [0.25, 0.3) is 23.0 Å². The highest BCUT2D eigenvalue weighted by molar-refractivity contribution is 6.54. The van der Waals surface area contributed by atoms with Crippen molar-refractivity contribution in [2.24, 2.45) is 0 Å². The summed E-state index contributed by atoms with van der Waals surface area (Å²) in [5.74, 6) is -5.42. The van der Waals surface area contributed by atoms with Gasteiger partial charge in [0.05, 0.1) is 81.9 Å². The number of hydrogen-bond acceptors (Lipinski definition) is 21. The molecule has 0 bridgehead atoms. The number of rotatable bonds is 16. The highest BCUT2D eigenvalue weighted by Crippen LogP contribution is 2.48. The Morgan fingerprint density at radius 2 is 0.654 bits per heavy atom. The van der Waals surface area contributed by atoms with E-state index in [4.69, 9.17) is 16.3 Å². The van der Waals surface area contributed by atoms with Crippen LogP contribution in [0.15, 0.2) is 265 Å². The first kappa shape index (κ1) is 92.4. The topological polar surface area (TPSA) is 343 Å². The molecule has 4 saturated heterocycles. The van der Waals surface area contributed by atoms with E-state index in [0.717, 1.165) is 44.8 Å². The molecular formula is C101H90ClF3N12O13. The Balaban J connectivity index is 0.000000148. The third kappa shape index (κ3) is 19.3. The van der Waals surface area contributed by atoms with Crippen molar-refractivity contribution in [1.82, 2.24) is 40.8 Å². The fourth-order valence-electron chi connectivity index (χ4n) is 15.2. The Bertz CT molecular complexity index is 6490. The molecule has 4 aromatic heterocycles. The van der Waals surface area contributed by atoms with Crippen LogP contribution in [-0.4, -0.2) is 115 Å². The molecule has 4 aliphatic rings. The third-order valence-corrected chi connectivity index (χ3v) is 22.6. The van der Waals surface area contributed by atoms with Gasteiger partial charge < -0.3 is 25.2 Å². The maximum Gasteiger partial charge on any atom is 0.416 e. The lowest BCUT2D eigenvalue weighted by molar-refractivity contribution is -0.137. The van der Waals surface area contributed by atoms with E-state index in [2.05, 4.69) is 82.3 Å². The average Bonchev–Trinajstić information content (AvgIpc) is 1.61. The molecule has 4 aliphatic heterocycles. The van der Waals surface area contributed by atoms with Crippen LogP contribution in [0.3, 0.4) is 0 Å². The monoisotopic (exact) mass is 1770 g/mol. The number of methoxy groups -OCH3 is 1. The molecule has 0 spiro atoms. The van der Waals surface area contributed by atoms with E-state index in [9.17, 15) is 72.0 Å². The minimum atomic E-state index is -4.55. The summed E-state index contributed by atoms with van der Waals surface area (Å²) in [5, 5.41) is 77.4. The summed E-state index contributed by atoms with van der Waals surface area (Å²) in [6.07, 6.45) is -4.55. The summed E-state index contributed by atoms with van der Waals surface area (Å²) in [4.78, 5) is 110. The Morgan fingerprint density at radius 1 is 0.346 bits per heavy atom. The lowest BCUT2D eigenvalue weighted by Gasteiger charge is -2.24. The van der Waals surface area contributed by atoms with Crippen molar-refractivity contribution in [1.29, 1.82) is 0 Å². The zero-order chi connectivity index (χ0) is 93.6. The van der Waals surface area contributed by atoms with Crippen molar-refractivity contribution in [3.8, 4) is 5.75 Å². The lowest BCUT2D eigenvalue weighted by Crippen LogP contribution is -2.30. The number of aromatic nitrogens is 8. The molecule has 660 valence electrons. The van der Waals surface area contributed by atoms with Gasteiger partial charge in [0.25, 0.3) is 23.1 Å². The Hall–Kier alpha value is -15.3. The molecule has 0 radical (unpaired) electrons. The van der Waals surface area contributed by atoms with E-state index in [1.165, 1.54) is 40.0 Å². The summed E-state index contributed by atoms with van der Waals surface area (Å²) in [6.45, 7) is 23.3. The lowest BCUT2D eigenvalue weighted by atomic mass is 9.92. The van der Waals surface area contributed by atoms with Gasteiger partial charge in [-0.1, -0.05) is 216 Å². The largest absolute Gasteiger partial charge is 0.507 e. The summed E-state index contributed by atoms with van der Waals surface area (Å²) >= 11 is 6.09. The van der Waals surface area contributed by atoms with Crippen molar-refractivity contribution in [3.05, 3.63) is 371 Å². The number of carbonyl (C=O) groups excluding carboxylic acids is 8. The van der Waals surface area contributed by atoms with Crippen molar-refractivity contribution in [3.63, 3.8) is 0 Å².